The SMILES string of the molecule is COc1ccc(C(=O)N2CCN(c3ccc(N4CCN(CCO)CC4)nn3)CC2)cc1F. The summed E-state index contributed by atoms with van der Waals surface area (Å²) < 4.78 is 18.9. The molecule has 3 heterocycles. The number of ether oxygens (including phenoxy) is 1. The van der Waals surface area contributed by atoms with E-state index in [0.717, 1.165) is 37.8 Å². The summed E-state index contributed by atoms with van der Waals surface area (Å²) in [5, 5.41) is 17.9. The molecule has 0 radical (unpaired) electrons. The van der Waals surface area contributed by atoms with Crippen LogP contribution in [0.1, 0.15) is 10.4 Å². The molecule has 0 saturated carbocycles. The highest BCUT2D eigenvalue weighted by molar-refractivity contribution is 5.94. The quantitative estimate of drug-likeness (QED) is 0.697. The Balaban J connectivity index is 1.30. The molecule has 0 spiro atoms. The number of methoxy groups -OCH3 is 1. The molecular weight excluding hydrogens is 415 g/mol. The van der Waals surface area contributed by atoms with Gasteiger partial charge in [-0.1, -0.05) is 0 Å². The number of piperazine rings is 2. The fourth-order valence-electron chi connectivity index (χ4n) is 4.12. The van der Waals surface area contributed by atoms with Crippen LogP contribution >= 0.6 is 0 Å². The molecule has 1 N–H and O–H groups in total. The Kier molecular flexibility index (Phi) is 7.01. The Labute approximate surface area is 187 Å². The molecule has 2 aliphatic heterocycles. The van der Waals surface area contributed by atoms with E-state index in [0.29, 0.717) is 38.3 Å². The van der Waals surface area contributed by atoms with Crippen LogP contribution in [0.2, 0.25) is 0 Å². The Morgan fingerprint density at radius 1 is 0.969 bits per heavy atom. The molecule has 4 rings (SSSR count). The minimum Gasteiger partial charge on any atom is -0.494 e. The first kappa shape index (κ1) is 22.2. The maximum Gasteiger partial charge on any atom is 0.254 e. The molecule has 0 bridgehead atoms. The number of rotatable bonds is 6. The monoisotopic (exact) mass is 444 g/mol. The normalized spacial score (nSPS) is 17.5. The average molecular weight is 445 g/mol. The molecule has 1 amide bonds. The van der Waals surface area contributed by atoms with E-state index in [1.807, 2.05) is 12.1 Å². The van der Waals surface area contributed by atoms with E-state index in [1.54, 1.807) is 11.0 Å². The Bertz CT molecular complexity index is 912. The first-order chi connectivity index (χ1) is 15.6. The number of β-amino-alcohol motifs (C(OH)–C–C–N with tert-alkyl or cyclic N) is 1. The minimum atomic E-state index is -0.540. The highest BCUT2D eigenvalue weighted by Crippen LogP contribution is 2.21. The predicted molar refractivity (Wildman–Crippen MR) is 119 cm³/mol. The number of amides is 1. The second-order valence-corrected chi connectivity index (χ2v) is 7.93. The van der Waals surface area contributed by atoms with Gasteiger partial charge in [0.05, 0.1) is 13.7 Å². The second kappa shape index (κ2) is 10.1. The number of hydrogen-bond acceptors (Lipinski definition) is 8. The van der Waals surface area contributed by atoms with Crippen LogP contribution < -0.4 is 14.5 Å². The molecule has 32 heavy (non-hydrogen) atoms. The number of anilines is 2. The summed E-state index contributed by atoms with van der Waals surface area (Å²) in [6, 6.07) is 8.24. The highest BCUT2D eigenvalue weighted by Gasteiger charge is 2.24. The fourth-order valence-corrected chi connectivity index (χ4v) is 4.12. The first-order valence-corrected chi connectivity index (χ1v) is 10.9. The van der Waals surface area contributed by atoms with Crippen molar-refractivity contribution in [2.24, 2.45) is 0 Å². The van der Waals surface area contributed by atoms with Crippen molar-refractivity contribution in [3.8, 4) is 5.75 Å². The summed E-state index contributed by atoms with van der Waals surface area (Å²) in [7, 11) is 1.40. The van der Waals surface area contributed by atoms with Gasteiger partial charge in [0.1, 0.15) is 0 Å². The molecule has 0 aliphatic carbocycles. The molecule has 0 atom stereocenters. The lowest BCUT2D eigenvalue weighted by atomic mass is 10.1. The average Bonchev–Trinajstić information content (AvgIpc) is 2.84. The number of halogens is 1. The molecule has 0 unspecified atom stereocenters. The van der Waals surface area contributed by atoms with Gasteiger partial charge in [-0.3, -0.25) is 9.69 Å². The van der Waals surface area contributed by atoms with E-state index in [1.165, 1.54) is 19.2 Å². The maximum absolute atomic E-state index is 13.9. The minimum absolute atomic E-state index is 0.125. The first-order valence-electron chi connectivity index (χ1n) is 10.9. The lowest BCUT2D eigenvalue weighted by molar-refractivity contribution is 0.0746. The number of carbonyl (C=O) groups is 1. The summed E-state index contributed by atoms with van der Waals surface area (Å²) >= 11 is 0. The zero-order valence-corrected chi connectivity index (χ0v) is 18.3. The van der Waals surface area contributed by atoms with E-state index in [-0.39, 0.29) is 18.3 Å². The summed E-state index contributed by atoms with van der Waals surface area (Å²) in [5.41, 5.74) is 0.319. The zero-order valence-electron chi connectivity index (χ0n) is 18.3. The van der Waals surface area contributed by atoms with Crippen LogP contribution in [-0.4, -0.2) is 104 Å². The Hall–Kier alpha value is -2.98. The van der Waals surface area contributed by atoms with Gasteiger partial charge in [-0.2, -0.15) is 0 Å². The standard InChI is InChI=1S/C22H29FN6O3/c1-32-19-3-2-17(16-18(19)23)22(31)29-12-10-28(11-13-29)21-5-4-20(24-25-21)27-8-6-26(7-9-27)14-15-30/h2-5,16,30H,6-15H2,1H3. The fraction of sp³-hybridized carbons (Fsp3) is 0.500. The largest absolute Gasteiger partial charge is 0.494 e. The predicted octanol–water partition coefficient (Wildman–Crippen LogP) is 0.701. The van der Waals surface area contributed by atoms with Crippen molar-refractivity contribution in [2.75, 3.05) is 82.4 Å². The molecule has 172 valence electrons. The third-order valence-electron chi connectivity index (χ3n) is 6.04. The number of aromatic nitrogens is 2. The highest BCUT2D eigenvalue weighted by atomic mass is 19.1. The van der Waals surface area contributed by atoms with Gasteiger partial charge in [-0.15, -0.1) is 10.2 Å². The molecule has 1 aromatic carbocycles. The number of benzene rings is 1. The lowest BCUT2D eigenvalue weighted by Gasteiger charge is -2.36. The Morgan fingerprint density at radius 3 is 2.06 bits per heavy atom. The summed E-state index contributed by atoms with van der Waals surface area (Å²) in [4.78, 5) is 21.0. The molecule has 10 heteroatoms. The topological polar surface area (TPSA) is 85.3 Å². The number of aliphatic hydroxyl groups excluding tert-OH is 1. The number of hydrogen-bond donors (Lipinski definition) is 1. The van der Waals surface area contributed by atoms with Crippen molar-refractivity contribution >= 4 is 17.5 Å². The summed E-state index contributed by atoms with van der Waals surface area (Å²) in [6.45, 7) is 6.75. The van der Waals surface area contributed by atoms with Gasteiger partial charge in [0.2, 0.25) is 0 Å². The lowest BCUT2D eigenvalue weighted by Crippen LogP contribution is -2.49. The molecule has 1 aromatic heterocycles. The van der Waals surface area contributed by atoms with Gasteiger partial charge in [0.15, 0.2) is 23.2 Å². The summed E-state index contributed by atoms with van der Waals surface area (Å²) in [5.74, 6) is 1.04. The number of aliphatic hydroxyl groups is 1. The van der Waals surface area contributed by atoms with Gasteiger partial charge in [0, 0.05) is 64.5 Å². The van der Waals surface area contributed by atoms with Crippen LogP contribution in [0, 0.1) is 5.82 Å². The van der Waals surface area contributed by atoms with Crippen molar-refractivity contribution in [3.05, 3.63) is 41.7 Å². The van der Waals surface area contributed by atoms with Gasteiger partial charge in [-0.05, 0) is 30.3 Å². The van der Waals surface area contributed by atoms with Crippen molar-refractivity contribution in [1.82, 2.24) is 20.0 Å². The van der Waals surface area contributed by atoms with Gasteiger partial charge < -0.3 is 24.5 Å². The zero-order chi connectivity index (χ0) is 22.5. The maximum atomic E-state index is 13.9. The van der Waals surface area contributed by atoms with Crippen LogP contribution in [0.25, 0.3) is 0 Å². The van der Waals surface area contributed by atoms with E-state index >= 15 is 0 Å². The molecule has 2 aliphatic rings. The van der Waals surface area contributed by atoms with Gasteiger partial charge >= 0.3 is 0 Å². The van der Waals surface area contributed by atoms with Crippen LogP contribution in [-0.2, 0) is 0 Å². The van der Waals surface area contributed by atoms with Crippen molar-refractivity contribution in [2.45, 2.75) is 0 Å². The van der Waals surface area contributed by atoms with Crippen LogP contribution in [0.15, 0.2) is 30.3 Å². The van der Waals surface area contributed by atoms with Crippen molar-refractivity contribution < 1.29 is 19.0 Å². The summed E-state index contributed by atoms with van der Waals surface area (Å²) in [6.07, 6.45) is 0. The van der Waals surface area contributed by atoms with E-state index < -0.39 is 5.82 Å². The number of nitrogens with zero attached hydrogens (tertiary/aromatic N) is 6. The second-order valence-electron chi connectivity index (χ2n) is 7.93. The van der Waals surface area contributed by atoms with E-state index in [9.17, 15) is 9.18 Å². The van der Waals surface area contributed by atoms with Crippen LogP contribution in [0.4, 0.5) is 16.0 Å². The smallest absolute Gasteiger partial charge is 0.254 e. The van der Waals surface area contributed by atoms with Gasteiger partial charge in [-0.25, -0.2) is 4.39 Å². The van der Waals surface area contributed by atoms with Crippen molar-refractivity contribution in [1.29, 1.82) is 0 Å². The molecular formula is C22H29FN6O3. The van der Waals surface area contributed by atoms with Crippen molar-refractivity contribution in [3.63, 3.8) is 0 Å². The third kappa shape index (κ3) is 4.91. The Morgan fingerprint density at radius 2 is 1.56 bits per heavy atom. The molecule has 9 nitrogen and oxygen atoms in total. The third-order valence-corrected chi connectivity index (χ3v) is 6.04. The van der Waals surface area contributed by atoms with Crippen LogP contribution in [0.5, 0.6) is 5.75 Å². The number of carbonyl (C=O) groups excluding carboxylic acids is 1. The van der Waals surface area contributed by atoms with Gasteiger partial charge in [0.25, 0.3) is 5.91 Å². The molecule has 2 fully saturated rings. The van der Waals surface area contributed by atoms with E-state index in [4.69, 9.17) is 9.84 Å². The van der Waals surface area contributed by atoms with Crippen LogP contribution in [0.3, 0.4) is 0 Å². The van der Waals surface area contributed by atoms with E-state index in [2.05, 4.69) is 24.9 Å². The molecule has 2 aromatic rings. The molecule has 2 saturated heterocycles.